The summed E-state index contributed by atoms with van der Waals surface area (Å²) in [6.45, 7) is 10.7. The Balaban J connectivity index is 0.00000289. The second-order valence-electron chi connectivity index (χ2n) is 9.32. The number of nitrogens with zero attached hydrogens (tertiary/aromatic N) is 3. The largest absolute Gasteiger partial charge is 0.459 e. The smallest absolute Gasteiger partial charge is 0.191 e. The molecular formula is C25H40IN5O. The van der Waals surface area contributed by atoms with Gasteiger partial charge in [-0.3, -0.25) is 9.89 Å². The van der Waals surface area contributed by atoms with Crippen LogP contribution < -0.4 is 10.6 Å². The molecule has 1 aromatic heterocycles. The van der Waals surface area contributed by atoms with Gasteiger partial charge in [0.25, 0.3) is 0 Å². The van der Waals surface area contributed by atoms with Gasteiger partial charge in [0.15, 0.2) is 5.96 Å². The molecule has 0 aliphatic carbocycles. The summed E-state index contributed by atoms with van der Waals surface area (Å²) in [6, 6.07) is 10.4. The van der Waals surface area contributed by atoms with Crippen LogP contribution in [-0.4, -0.2) is 67.6 Å². The number of furan rings is 1. The Labute approximate surface area is 210 Å². The van der Waals surface area contributed by atoms with Crippen molar-refractivity contribution in [2.45, 2.75) is 57.5 Å². The van der Waals surface area contributed by atoms with Crippen molar-refractivity contribution in [3.8, 4) is 0 Å². The number of para-hydroxylation sites is 1. The Morgan fingerprint density at radius 1 is 1.12 bits per heavy atom. The van der Waals surface area contributed by atoms with Gasteiger partial charge in [-0.2, -0.15) is 0 Å². The average Bonchev–Trinajstić information content (AvgIpc) is 3.24. The standard InChI is InChI=1S/C25H39N5O.HI/c1-4-26-24(28-20(2)23-18-21-10-6-7-11-22(21)31-23)27-19-25(12-16-29(3)17-13-25)30-14-8-5-9-15-30;/h6-7,10-11,18,20H,4-5,8-9,12-17,19H2,1-3H3,(H2,26,27,28);1H. The van der Waals surface area contributed by atoms with E-state index in [1.165, 1.54) is 45.2 Å². The molecule has 2 aliphatic rings. The van der Waals surface area contributed by atoms with E-state index in [9.17, 15) is 0 Å². The maximum atomic E-state index is 6.07. The number of likely N-dealkylation sites (tertiary alicyclic amines) is 2. The molecule has 2 aliphatic heterocycles. The molecule has 4 rings (SSSR count). The van der Waals surface area contributed by atoms with Crippen molar-refractivity contribution in [2.24, 2.45) is 4.99 Å². The lowest BCUT2D eigenvalue weighted by atomic mass is 9.84. The van der Waals surface area contributed by atoms with Crippen LogP contribution in [0.3, 0.4) is 0 Å². The van der Waals surface area contributed by atoms with E-state index >= 15 is 0 Å². The van der Waals surface area contributed by atoms with Crippen LogP contribution in [0.5, 0.6) is 0 Å². The third kappa shape index (κ3) is 5.97. The maximum Gasteiger partial charge on any atom is 0.191 e. The van der Waals surface area contributed by atoms with Gasteiger partial charge in [-0.15, -0.1) is 24.0 Å². The molecule has 3 heterocycles. The number of fused-ring (bicyclic) bond motifs is 1. The number of rotatable bonds is 6. The minimum absolute atomic E-state index is 0. The second-order valence-corrected chi connectivity index (χ2v) is 9.32. The summed E-state index contributed by atoms with van der Waals surface area (Å²) < 4.78 is 6.07. The summed E-state index contributed by atoms with van der Waals surface area (Å²) in [5, 5.41) is 8.18. The van der Waals surface area contributed by atoms with Crippen LogP contribution in [-0.2, 0) is 0 Å². The number of benzene rings is 1. The van der Waals surface area contributed by atoms with Crippen LogP contribution in [0, 0.1) is 0 Å². The quantitative estimate of drug-likeness (QED) is 0.311. The van der Waals surface area contributed by atoms with E-state index in [0.29, 0.717) is 0 Å². The predicted molar refractivity (Wildman–Crippen MR) is 144 cm³/mol. The van der Waals surface area contributed by atoms with Crippen molar-refractivity contribution in [3.05, 3.63) is 36.1 Å². The first-order valence-corrected chi connectivity index (χ1v) is 12.1. The lowest BCUT2D eigenvalue weighted by Crippen LogP contribution is -2.58. The van der Waals surface area contributed by atoms with Crippen LogP contribution >= 0.6 is 24.0 Å². The molecule has 32 heavy (non-hydrogen) atoms. The molecule has 6 nitrogen and oxygen atoms in total. The van der Waals surface area contributed by atoms with Crippen molar-refractivity contribution in [1.29, 1.82) is 0 Å². The molecule has 1 aromatic carbocycles. The predicted octanol–water partition coefficient (Wildman–Crippen LogP) is 4.62. The zero-order valence-corrected chi connectivity index (χ0v) is 22.2. The molecule has 178 valence electrons. The van der Waals surface area contributed by atoms with E-state index in [4.69, 9.17) is 9.41 Å². The van der Waals surface area contributed by atoms with E-state index in [2.05, 4.69) is 53.5 Å². The van der Waals surface area contributed by atoms with Gasteiger partial charge in [-0.05, 0) is 84.9 Å². The zero-order valence-electron chi connectivity index (χ0n) is 19.9. The summed E-state index contributed by atoms with van der Waals surface area (Å²) in [6.07, 6.45) is 6.41. The number of hydrogen-bond acceptors (Lipinski definition) is 4. The molecule has 0 bridgehead atoms. The van der Waals surface area contributed by atoms with Gasteiger partial charge >= 0.3 is 0 Å². The third-order valence-electron chi connectivity index (χ3n) is 7.04. The fourth-order valence-electron chi connectivity index (χ4n) is 5.02. The molecule has 7 heteroatoms. The highest BCUT2D eigenvalue weighted by Gasteiger charge is 2.39. The lowest BCUT2D eigenvalue weighted by molar-refractivity contribution is 0.0208. The molecular weight excluding hydrogens is 513 g/mol. The molecule has 2 aromatic rings. The number of hydrogen-bond donors (Lipinski definition) is 2. The van der Waals surface area contributed by atoms with Gasteiger partial charge in [0.05, 0.1) is 12.6 Å². The Kier molecular flexibility index (Phi) is 9.25. The number of aliphatic imine (C=N–C) groups is 1. The zero-order chi connectivity index (χ0) is 21.7. The van der Waals surface area contributed by atoms with Crippen molar-refractivity contribution >= 4 is 40.9 Å². The summed E-state index contributed by atoms with van der Waals surface area (Å²) in [4.78, 5) is 10.3. The molecule has 0 spiro atoms. The van der Waals surface area contributed by atoms with Crippen molar-refractivity contribution in [2.75, 3.05) is 46.3 Å². The molecule has 2 N–H and O–H groups in total. The highest BCUT2D eigenvalue weighted by atomic mass is 127. The van der Waals surface area contributed by atoms with Gasteiger partial charge in [-0.1, -0.05) is 24.6 Å². The Morgan fingerprint density at radius 3 is 2.53 bits per heavy atom. The summed E-state index contributed by atoms with van der Waals surface area (Å²) in [7, 11) is 2.24. The van der Waals surface area contributed by atoms with E-state index in [1.54, 1.807) is 0 Å². The maximum absolute atomic E-state index is 6.07. The van der Waals surface area contributed by atoms with Gasteiger partial charge in [-0.25, -0.2) is 0 Å². The summed E-state index contributed by atoms with van der Waals surface area (Å²) in [5.74, 6) is 1.82. The van der Waals surface area contributed by atoms with E-state index in [-0.39, 0.29) is 35.6 Å². The van der Waals surface area contributed by atoms with Crippen molar-refractivity contribution < 1.29 is 4.42 Å². The normalized spacial score (nSPS) is 21.2. The molecule has 2 fully saturated rings. The molecule has 1 atom stereocenters. The van der Waals surface area contributed by atoms with E-state index in [1.807, 2.05) is 18.2 Å². The highest BCUT2D eigenvalue weighted by Crippen LogP contribution is 2.32. The van der Waals surface area contributed by atoms with Gasteiger partial charge in [0.1, 0.15) is 11.3 Å². The Bertz CT molecular complexity index is 835. The highest BCUT2D eigenvalue weighted by molar-refractivity contribution is 14.0. The Hall–Kier alpha value is -1.32. The van der Waals surface area contributed by atoms with Crippen LogP contribution in [0.25, 0.3) is 11.0 Å². The molecule has 1 unspecified atom stereocenters. The first kappa shape index (κ1) is 25.3. The first-order valence-electron chi connectivity index (χ1n) is 12.1. The van der Waals surface area contributed by atoms with Gasteiger partial charge < -0.3 is 20.0 Å². The molecule has 0 radical (unpaired) electrons. The third-order valence-corrected chi connectivity index (χ3v) is 7.04. The van der Waals surface area contributed by atoms with Gasteiger partial charge in [0.2, 0.25) is 0 Å². The van der Waals surface area contributed by atoms with Crippen molar-refractivity contribution in [3.63, 3.8) is 0 Å². The molecule has 0 saturated carbocycles. The number of nitrogens with one attached hydrogen (secondary N) is 2. The SMILES string of the molecule is CCNC(=NCC1(N2CCCCC2)CCN(C)CC1)NC(C)c1cc2ccccc2o1.I. The van der Waals surface area contributed by atoms with Crippen LogP contribution in [0.2, 0.25) is 0 Å². The Morgan fingerprint density at radius 2 is 1.84 bits per heavy atom. The minimum Gasteiger partial charge on any atom is -0.459 e. The summed E-state index contributed by atoms with van der Waals surface area (Å²) in [5.41, 5.74) is 1.13. The summed E-state index contributed by atoms with van der Waals surface area (Å²) >= 11 is 0. The fraction of sp³-hybridized carbons (Fsp3) is 0.640. The van der Waals surface area contributed by atoms with Crippen molar-refractivity contribution in [1.82, 2.24) is 20.4 Å². The molecule has 0 amide bonds. The van der Waals surface area contributed by atoms with Crippen LogP contribution in [0.1, 0.15) is 57.8 Å². The first-order chi connectivity index (χ1) is 15.1. The topological polar surface area (TPSA) is 56.0 Å². The number of guanidine groups is 1. The van der Waals surface area contributed by atoms with Crippen LogP contribution in [0.4, 0.5) is 0 Å². The lowest BCUT2D eigenvalue weighted by Gasteiger charge is -2.49. The second kappa shape index (κ2) is 11.7. The van der Waals surface area contributed by atoms with E-state index in [0.717, 1.165) is 48.9 Å². The van der Waals surface area contributed by atoms with Gasteiger partial charge in [0, 0.05) is 17.5 Å². The van der Waals surface area contributed by atoms with E-state index < -0.39 is 0 Å². The molecule has 2 saturated heterocycles. The number of piperidine rings is 2. The fourth-order valence-corrected chi connectivity index (χ4v) is 5.02. The minimum atomic E-state index is 0. The average molecular weight is 554 g/mol. The number of halogens is 1. The van der Waals surface area contributed by atoms with Crippen LogP contribution in [0.15, 0.2) is 39.7 Å². The monoisotopic (exact) mass is 553 g/mol.